The summed E-state index contributed by atoms with van der Waals surface area (Å²) in [5, 5.41) is 10.8. The maximum absolute atomic E-state index is 11.9. The van der Waals surface area contributed by atoms with E-state index in [1.807, 2.05) is 0 Å². The first kappa shape index (κ1) is 19.8. The average Bonchev–Trinajstić information content (AvgIpc) is 2.44. The van der Waals surface area contributed by atoms with Gasteiger partial charge in [0.2, 0.25) is 5.91 Å². The Hall–Kier alpha value is -2.55. The molecule has 1 aliphatic rings. The van der Waals surface area contributed by atoms with Gasteiger partial charge in [0.25, 0.3) is 5.69 Å². The molecule has 2 amide bonds. The predicted octanol–water partition coefficient (Wildman–Crippen LogP) is 2.59. The van der Waals surface area contributed by atoms with Crippen LogP contribution in [0.5, 0.6) is 5.75 Å². The van der Waals surface area contributed by atoms with Gasteiger partial charge in [0.05, 0.1) is 11.5 Å². The highest BCUT2D eigenvalue weighted by Crippen LogP contribution is 2.36. The number of carbonyl (C=O) groups is 2. The molecule has 26 heavy (non-hydrogen) atoms. The molecule has 142 valence electrons. The van der Waals surface area contributed by atoms with Gasteiger partial charge in [-0.1, -0.05) is 11.6 Å². The summed E-state index contributed by atoms with van der Waals surface area (Å²) in [7, 11) is 0. The van der Waals surface area contributed by atoms with E-state index in [0.717, 1.165) is 6.07 Å². The van der Waals surface area contributed by atoms with Gasteiger partial charge in [0, 0.05) is 30.6 Å². The van der Waals surface area contributed by atoms with Gasteiger partial charge < -0.3 is 20.1 Å². The van der Waals surface area contributed by atoms with Crippen molar-refractivity contribution in [3.63, 3.8) is 0 Å². The second-order valence-electron chi connectivity index (χ2n) is 6.99. The fourth-order valence-corrected chi connectivity index (χ4v) is 2.55. The Kier molecular flexibility index (Phi) is 5.60. The van der Waals surface area contributed by atoms with E-state index >= 15 is 0 Å². The third-order valence-electron chi connectivity index (χ3n) is 3.58. The van der Waals surface area contributed by atoms with Crippen LogP contribution in [0.2, 0.25) is 5.02 Å². The lowest BCUT2D eigenvalue weighted by molar-refractivity contribution is -0.384. The van der Waals surface area contributed by atoms with Crippen LogP contribution in [0.3, 0.4) is 0 Å². The quantitative estimate of drug-likeness (QED) is 0.613. The van der Waals surface area contributed by atoms with Gasteiger partial charge >= 0.3 is 6.09 Å². The number of benzene rings is 1. The van der Waals surface area contributed by atoms with Crippen LogP contribution in [0.1, 0.15) is 31.1 Å². The number of amides is 2. The van der Waals surface area contributed by atoms with Crippen LogP contribution in [0.15, 0.2) is 12.1 Å². The molecule has 0 spiro atoms. The van der Waals surface area contributed by atoms with E-state index in [1.165, 1.54) is 11.0 Å². The molecule has 0 aromatic heterocycles. The molecule has 1 aliphatic heterocycles. The zero-order valence-corrected chi connectivity index (χ0v) is 15.4. The van der Waals surface area contributed by atoms with Gasteiger partial charge in [-0.2, -0.15) is 0 Å². The van der Waals surface area contributed by atoms with Crippen molar-refractivity contribution in [2.75, 3.05) is 19.7 Å². The van der Waals surface area contributed by atoms with E-state index in [4.69, 9.17) is 26.8 Å². The Morgan fingerprint density at radius 2 is 2.00 bits per heavy atom. The van der Waals surface area contributed by atoms with Crippen molar-refractivity contribution in [2.45, 2.75) is 26.4 Å². The lowest BCUT2D eigenvalue weighted by atomic mass is 10.0. The predicted molar refractivity (Wildman–Crippen MR) is 93.4 cm³/mol. The SMILES string of the molecule is CC(C)(C)OC(=O)N1CC(COc2cc(C(N)=O)cc([N+](=O)[O-])c2Cl)C1. The van der Waals surface area contributed by atoms with E-state index in [2.05, 4.69) is 0 Å². The largest absolute Gasteiger partial charge is 0.491 e. The van der Waals surface area contributed by atoms with E-state index in [-0.39, 0.29) is 28.9 Å². The third kappa shape index (κ3) is 4.75. The van der Waals surface area contributed by atoms with Crippen LogP contribution in [0.4, 0.5) is 10.5 Å². The lowest BCUT2D eigenvalue weighted by Crippen LogP contribution is -2.53. The Labute approximate surface area is 155 Å². The summed E-state index contributed by atoms with van der Waals surface area (Å²) in [5.41, 5.74) is 4.08. The fourth-order valence-electron chi connectivity index (χ4n) is 2.32. The Balaban J connectivity index is 1.98. The second kappa shape index (κ2) is 7.36. The van der Waals surface area contributed by atoms with Crippen LogP contribution < -0.4 is 10.5 Å². The number of carbonyl (C=O) groups excluding carboxylic acids is 2. The third-order valence-corrected chi connectivity index (χ3v) is 3.96. The molecule has 1 saturated heterocycles. The molecule has 0 unspecified atom stereocenters. The number of ether oxygens (including phenoxy) is 2. The first-order valence-electron chi connectivity index (χ1n) is 7.86. The number of rotatable bonds is 5. The van der Waals surface area contributed by atoms with Crippen LogP contribution in [-0.2, 0) is 4.74 Å². The molecule has 0 bridgehead atoms. The molecule has 10 heteroatoms. The van der Waals surface area contributed by atoms with Crippen molar-refractivity contribution in [3.8, 4) is 5.75 Å². The molecule has 1 heterocycles. The number of nitrogens with zero attached hydrogens (tertiary/aromatic N) is 2. The molecule has 0 saturated carbocycles. The highest BCUT2D eigenvalue weighted by atomic mass is 35.5. The normalized spacial score (nSPS) is 14.5. The minimum atomic E-state index is -0.825. The molecular weight excluding hydrogens is 366 g/mol. The van der Waals surface area contributed by atoms with Crippen molar-refractivity contribution in [1.82, 2.24) is 4.90 Å². The van der Waals surface area contributed by atoms with E-state index in [1.54, 1.807) is 20.8 Å². The summed E-state index contributed by atoms with van der Waals surface area (Å²) in [6.07, 6.45) is -0.404. The number of nitrogens with two attached hydrogens (primary N) is 1. The van der Waals surface area contributed by atoms with Crippen molar-refractivity contribution in [3.05, 3.63) is 32.8 Å². The van der Waals surface area contributed by atoms with E-state index in [0.29, 0.717) is 13.1 Å². The average molecular weight is 386 g/mol. The molecule has 2 N–H and O–H groups in total. The minimum absolute atomic E-state index is 0.00499. The molecule has 9 nitrogen and oxygen atoms in total. The smallest absolute Gasteiger partial charge is 0.410 e. The van der Waals surface area contributed by atoms with Crippen LogP contribution >= 0.6 is 11.6 Å². The lowest BCUT2D eigenvalue weighted by Gasteiger charge is -2.39. The van der Waals surface area contributed by atoms with Gasteiger partial charge in [0.15, 0.2) is 5.02 Å². The number of likely N-dealkylation sites (tertiary alicyclic amines) is 1. The highest BCUT2D eigenvalue weighted by Gasteiger charge is 2.34. The number of hydrogen-bond acceptors (Lipinski definition) is 6. The molecule has 0 atom stereocenters. The number of primary amides is 1. The van der Waals surface area contributed by atoms with Gasteiger partial charge in [-0.3, -0.25) is 14.9 Å². The summed E-state index contributed by atoms with van der Waals surface area (Å²) in [6, 6.07) is 2.27. The Morgan fingerprint density at radius 3 is 2.50 bits per heavy atom. The number of nitro groups is 1. The Bertz CT molecular complexity index is 740. The summed E-state index contributed by atoms with van der Waals surface area (Å²) in [6.45, 7) is 6.40. The molecule has 1 aromatic rings. The van der Waals surface area contributed by atoms with E-state index < -0.39 is 28.2 Å². The van der Waals surface area contributed by atoms with Gasteiger partial charge in [-0.25, -0.2) is 4.79 Å². The number of hydrogen-bond donors (Lipinski definition) is 1. The molecule has 1 aromatic carbocycles. The number of halogens is 1. The molecule has 2 rings (SSSR count). The zero-order valence-electron chi connectivity index (χ0n) is 14.7. The maximum atomic E-state index is 11.9. The maximum Gasteiger partial charge on any atom is 0.410 e. The minimum Gasteiger partial charge on any atom is -0.491 e. The van der Waals surface area contributed by atoms with Crippen LogP contribution in [-0.4, -0.2) is 47.1 Å². The number of nitro benzene ring substituents is 1. The molecular formula is C16H20ClN3O6. The summed E-state index contributed by atoms with van der Waals surface area (Å²) < 4.78 is 10.8. The monoisotopic (exact) mass is 385 g/mol. The highest BCUT2D eigenvalue weighted by molar-refractivity contribution is 6.34. The summed E-state index contributed by atoms with van der Waals surface area (Å²) >= 11 is 5.97. The van der Waals surface area contributed by atoms with Crippen molar-refractivity contribution < 1.29 is 24.0 Å². The molecule has 1 fully saturated rings. The van der Waals surface area contributed by atoms with Gasteiger partial charge in [-0.05, 0) is 26.8 Å². The fraction of sp³-hybridized carbons (Fsp3) is 0.500. The van der Waals surface area contributed by atoms with E-state index in [9.17, 15) is 19.7 Å². The van der Waals surface area contributed by atoms with Gasteiger partial charge in [0.1, 0.15) is 11.4 Å². The summed E-state index contributed by atoms with van der Waals surface area (Å²) in [4.78, 5) is 35.0. The molecule has 0 aliphatic carbocycles. The van der Waals surface area contributed by atoms with Crippen LogP contribution in [0, 0.1) is 16.0 Å². The topological polar surface area (TPSA) is 125 Å². The summed E-state index contributed by atoms with van der Waals surface area (Å²) in [5.74, 6) is -0.797. The Morgan fingerprint density at radius 1 is 1.38 bits per heavy atom. The standard InChI is InChI=1S/C16H20ClN3O6/c1-16(2,3)26-15(22)19-6-9(7-19)8-25-12-5-10(14(18)21)4-11(13(12)17)20(23)24/h4-5,9H,6-8H2,1-3H3,(H2,18,21). The zero-order chi connectivity index (χ0) is 19.6. The van der Waals surface area contributed by atoms with Crippen molar-refractivity contribution >= 4 is 29.3 Å². The van der Waals surface area contributed by atoms with Gasteiger partial charge in [-0.15, -0.1) is 0 Å². The van der Waals surface area contributed by atoms with Crippen molar-refractivity contribution in [2.24, 2.45) is 11.7 Å². The van der Waals surface area contributed by atoms with Crippen LogP contribution in [0.25, 0.3) is 0 Å². The second-order valence-corrected chi connectivity index (χ2v) is 7.37. The first-order chi connectivity index (χ1) is 12.0. The molecule has 0 radical (unpaired) electrons. The first-order valence-corrected chi connectivity index (χ1v) is 8.24. The van der Waals surface area contributed by atoms with Crippen molar-refractivity contribution in [1.29, 1.82) is 0 Å².